The lowest BCUT2D eigenvalue weighted by Gasteiger charge is -2.10. The first-order valence-electron chi connectivity index (χ1n) is 8.07. The Bertz CT molecular complexity index is 1050. The molecule has 0 aliphatic rings. The molecule has 2 aromatic heterocycles. The van der Waals surface area contributed by atoms with Crippen LogP contribution in [-0.4, -0.2) is 20.2 Å². The largest absolute Gasteiger partial charge is 0.349 e. The van der Waals surface area contributed by atoms with Crippen LogP contribution in [0, 0.1) is 0 Å². The molecule has 0 saturated heterocycles. The summed E-state index contributed by atoms with van der Waals surface area (Å²) in [5, 5.41) is 16.2. The van der Waals surface area contributed by atoms with Crippen LogP contribution in [0.4, 0.5) is 17.5 Å². The molecule has 26 heavy (non-hydrogen) atoms. The Balaban J connectivity index is 1.53. The Morgan fingerprint density at radius 1 is 0.962 bits per heavy atom. The van der Waals surface area contributed by atoms with Crippen LogP contribution in [0.2, 0.25) is 5.02 Å². The number of anilines is 3. The summed E-state index contributed by atoms with van der Waals surface area (Å²) in [6.45, 7) is 0.515. The zero-order valence-electron chi connectivity index (χ0n) is 13.7. The average molecular weight is 363 g/mol. The molecule has 7 heteroatoms. The van der Waals surface area contributed by atoms with Crippen LogP contribution < -0.4 is 10.6 Å². The molecular weight excluding hydrogens is 348 g/mol. The third-order valence-corrected chi connectivity index (χ3v) is 4.22. The molecule has 4 aromatic rings. The van der Waals surface area contributed by atoms with Crippen molar-refractivity contribution in [2.45, 2.75) is 6.54 Å². The van der Waals surface area contributed by atoms with E-state index in [1.165, 1.54) is 0 Å². The van der Waals surface area contributed by atoms with E-state index in [0.717, 1.165) is 22.2 Å². The quantitative estimate of drug-likeness (QED) is 0.547. The fourth-order valence-electron chi connectivity index (χ4n) is 2.60. The molecule has 0 saturated carbocycles. The van der Waals surface area contributed by atoms with Gasteiger partial charge in [-0.3, -0.25) is 4.98 Å². The van der Waals surface area contributed by atoms with Crippen LogP contribution in [0.25, 0.3) is 10.9 Å². The van der Waals surface area contributed by atoms with E-state index in [9.17, 15) is 0 Å². The van der Waals surface area contributed by atoms with E-state index in [4.69, 9.17) is 11.6 Å². The summed E-state index contributed by atoms with van der Waals surface area (Å²) in [5.41, 5.74) is 2.70. The Kier molecular flexibility index (Phi) is 4.57. The van der Waals surface area contributed by atoms with Crippen molar-refractivity contribution in [3.63, 3.8) is 0 Å². The number of nitrogens with one attached hydrogen (secondary N) is 2. The van der Waals surface area contributed by atoms with Gasteiger partial charge in [0.15, 0.2) is 5.82 Å². The van der Waals surface area contributed by atoms with E-state index in [1.807, 2.05) is 54.6 Å². The smallest absolute Gasteiger partial charge is 0.244 e. The zero-order valence-corrected chi connectivity index (χ0v) is 14.5. The predicted molar refractivity (Wildman–Crippen MR) is 104 cm³/mol. The lowest BCUT2D eigenvalue weighted by atomic mass is 10.2. The van der Waals surface area contributed by atoms with Crippen molar-refractivity contribution in [3.05, 3.63) is 77.6 Å². The lowest BCUT2D eigenvalue weighted by molar-refractivity contribution is 0.949. The van der Waals surface area contributed by atoms with Gasteiger partial charge in [-0.05, 0) is 23.8 Å². The summed E-state index contributed by atoms with van der Waals surface area (Å²) in [6, 6.07) is 17.5. The minimum Gasteiger partial charge on any atom is -0.349 e. The second kappa shape index (κ2) is 7.33. The number of halogens is 1. The van der Waals surface area contributed by atoms with Gasteiger partial charge in [0, 0.05) is 23.2 Å². The van der Waals surface area contributed by atoms with Gasteiger partial charge in [0.1, 0.15) is 0 Å². The van der Waals surface area contributed by atoms with E-state index < -0.39 is 0 Å². The molecule has 2 heterocycles. The van der Waals surface area contributed by atoms with Crippen molar-refractivity contribution in [3.8, 4) is 0 Å². The summed E-state index contributed by atoms with van der Waals surface area (Å²) in [6.07, 6.45) is 3.34. The van der Waals surface area contributed by atoms with Crippen LogP contribution >= 0.6 is 11.6 Å². The van der Waals surface area contributed by atoms with Gasteiger partial charge in [-0.15, -0.1) is 5.10 Å². The SMILES string of the molecule is Clc1ccccc1CNc1nncc(Nc2cccc3cccnc23)n1. The van der Waals surface area contributed by atoms with E-state index >= 15 is 0 Å². The summed E-state index contributed by atoms with van der Waals surface area (Å²) in [5.74, 6) is 1.00. The van der Waals surface area contributed by atoms with Crippen molar-refractivity contribution in [2.24, 2.45) is 0 Å². The minimum absolute atomic E-state index is 0.420. The first-order chi connectivity index (χ1) is 12.8. The van der Waals surface area contributed by atoms with Crippen molar-refractivity contribution < 1.29 is 0 Å². The minimum atomic E-state index is 0.420. The molecule has 2 aromatic carbocycles. The Morgan fingerprint density at radius 3 is 2.77 bits per heavy atom. The normalized spacial score (nSPS) is 10.7. The summed E-state index contributed by atoms with van der Waals surface area (Å²) < 4.78 is 0. The fourth-order valence-corrected chi connectivity index (χ4v) is 2.80. The van der Waals surface area contributed by atoms with Crippen molar-refractivity contribution in [1.29, 1.82) is 0 Å². The molecule has 0 bridgehead atoms. The van der Waals surface area contributed by atoms with Gasteiger partial charge in [0.2, 0.25) is 5.95 Å². The fraction of sp³-hybridized carbons (Fsp3) is 0.0526. The number of aromatic nitrogens is 4. The zero-order chi connectivity index (χ0) is 17.8. The van der Waals surface area contributed by atoms with Crippen LogP contribution in [0.15, 0.2) is 67.0 Å². The number of para-hydroxylation sites is 1. The van der Waals surface area contributed by atoms with Gasteiger partial charge < -0.3 is 10.6 Å². The maximum Gasteiger partial charge on any atom is 0.244 e. The van der Waals surface area contributed by atoms with Gasteiger partial charge in [0.25, 0.3) is 0 Å². The van der Waals surface area contributed by atoms with E-state index in [0.29, 0.717) is 23.3 Å². The first-order valence-corrected chi connectivity index (χ1v) is 8.45. The van der Waals surface area contributed by atoms with E-state index in [-0.39, 0.29) is 0 Å². The molecule has 128 valence electrons. The summed E-state index contributed by atoms with van der Waals surface area (Å²) in [4.78, 5) is 8.88. The molecule has 6 nitrogen and oxygen atoms in total. The summed E-state index contributed by atoms with van der Waals surface area (Å²) >= 11 is 6.17. The number of nitrogens with zero attached hydrogens (tertiary/aromatic N) is 4. The van der Waals surface area contributed by atoms with Crippen molar-refractivity contribution in [1.82, 2.24) is 20.2 Å². The maximum absolute atomic E-state index is 6.17. The van der Waals surface area contributed by atoms with Gasteiger partial charge in [-0.1, -0.05) is 48.0 Å². The molecule has 0 unspecified atom stereocenters. The summed E-state index contributed by atoms with van der Waals surface area (Å²) in [7, 11) is 0. The number of rotatable bonds is 5. The highest BCUT2D eigenvalue weighted by atomic mass is 35.5. The van der Waals surface area contributed by atoms with Gasteiger partial charge >= 0.3 is 0 Å². The Morgan fingerprint density at radius 2 is 1.85 bits per heavy atom. The van der Waals surface area contributed by atoms with Gasteiger partial charge in [0.05, 0.1) is 17.4 Å². The molecule has 4 rings (SSSR count). The number of fused-ring (bicyclic) bond motifs is 1. The third-order valence-electron chi connectivity index (χ3n) is 3.85. The number of hydrogen-bond acceptors (Lipinski definition) is 6. The van der Waals surface area contributed by atoms with Crippen molar-refractivity contribution in [2.75, 3.05) is 10.6 Å². The Hall–Kier alpha value is -3.25. The van der Waals surface area contributed by atoms with E-state index in [1.54, 1.807) is 12.4 Å². The lowest BCUT2D eigenvalue weighted by Crippen LogP contribution is -2.06. The van der Waals surface area contributed by atoms with E-state index in [2.05, 4.69) is 30.8 Å². The highest BCUT2D eigenvalue weighted by molar-refractivity contribution is 6.31. The standard InChI is InChI=1S/C19H15ClN6/c20-15-8-2-1-5-14(15)11-22-19-25-17(12-23-26-19)24-16-9-3-6-13-7-4-10-21-18(13)16/h1-10,12H,11H2,(H2,22,24,25,26). The second-order valence-corrected chi connectivity index (χ2v) is 6.02. The molecular formula is C19H15ClN6. The number of pyridine rings is 1. The molecule has 0 amide bonds. The van der Waals surface area contributed by atoms with Crippen LogP contribution in [0.1, 0.15) is 5.56 Å². The van der Waals surface area contributed by atoms with Crippen molar-refractivity contribution >= 4 is 40.0 Å². The highest BCUT2D eigenvalue weighted by Gasteiger charge is 2.06. The number of hydrogen-bond donors (Lipinski definition) is 2. The molecule has 0 spiro atoms. The third kappa shape index (κ3) is 3.55. The monoisotopic (exact) mass is 362 g/mol. The van der Waals surface area contributed by atoms with Gasteiger partial charge in [-0.2, -0.15) is 10.1 Å². The molecule has 0 radical (unpaired) electrons. The number of benzene rings is 2. The second-order valence-electron chi connectivity index (χ2n) is 5.62. The highest BCUT2D eigenvalue weighted by Crippen LogP contribution is 2.23. The molecule has 0 aliphatic carbocycles. The van der Waals surface area contributed by atoms with Gasteiger partial charge in [-0.25, -0.2) is 0 Å². The topological polar surface area (TPSA) is 75.6 Å². The molecule has 0 fully saturated rings. The first kappa shape index (κ1) is 16.2. The van der Waals surface area contributed by atoms with Crippen LogP contribution in [-0.2, 0) is 6.54 Å². The predicted octanol–water partition coefficient (Wildman–Crippen LogP) is 4.43. The van der Waals surface area contributed by atoms with Crippen LogP contribution in [0.3, 0.4) is 0 Å². The molecule has 0 atom stereocenters. The molecule has 2 N–H and O–H groups in total. The Labute approximate surface area is 155 Å². The average Bonchev–Trinajstić information content (AvgIpc) is 2.68. The maximum atomic E-state index is 6.17. The van der Waals surface area contributed by atoms with Crippen LogP contribution in [0.5, 0.6) is 0 Å². The molecule has 0 aliphatic heterocycles.